The van der Waals surface area contributed by atoms with Crippen LogP contribution in [-0.4, -0.2) is 18.5 Å². The van der Waals surface area contributed by atoms with Gasteiger partial charge < -0.3 is 10.6 Å². The summed E-state index contributed by atoms with van der Waals surface area (Å²) in [6.07, 6.45) is 0. The number of benzene rings is 1. The zero-order valence-electron chi connectivity index (χ0n) is 9.93. The number of rotatable bonds is 3. The minimum atomic E-state index is -0.453. The second-order valence-corrected chi connectivity index (χ2v) is 3.71. The molecule has 0 saturated carbocycles. The van der Waals surface area contributed by atoms with Crippen molar-refractivity contribution in [3.63, 3.8) is 0 Å². The van der Waals surface area contributed by atoms with Crippen molar-refractivity contribution in [1.82, 2.24) is 0 Å². The number of carbonyl (C=O) groups excluding carboxylic acids is 1. The summed E-state index contributed by atoms with van der Waals surface area (Å²) in [5.41, 5.74) is 7.68. The minimum Gasteiger partial charge on any atom is -0.320 e. The van der Waals surface area contributed by atoms with E-state index < -0.39 is 6.04 Å². The highest BCUT2D eigenvalue weighted by molar-refractivity contribution is 5.96. The molecule has 0 aliphatic rings. The Hall–Kier alpha value is -1.06. The predicted octanol–water partition coefficient (Wildman–Crippen LogP) is 2.12. The number of halogens is 1. The Labute approximate surface area is 103 Å². The van der Waals surface area contributed by atoms with Crippen molar-refractivity contribution in [2.75, 3.05) is 11.4 Å². The van der Waals surface area contributed by atoms with E-state index in [0.717, 1.165) is 5.69 Å². The van der Waals surface area contributed by atoms with Crippen LogP contribution < -0.4 is 10.6 Å². The van der Waals surface area contributed by atoms with Crippen LogP contribution in [0, 0.1) is 6.92 Å². The standard InChI is InChI=1S/C12H18N2O.ClH/c1-4-14(12(15)10(3)13)11-7-5-9(2)6-8-11;/h5-8,10H,4,13H2,1-3H3;1H. The highest BCUT2D eigenvalue weighted by Crippen LogP contribution is 2.15. The topological polar surface area (TPSA) is 46.3 Å². The molecule has 90 valence electrons. The molecule has 1 aromatic carbocycles. The first-order valence-corrected chi connectivity index (χ1v) is 5.20. The fourth-order valence-corrected chi connectivity index (χ4v) is 1.44. The third-order valence-corrected chi connectivity index (χ3v) is 2.32. The third-order valence-electron chi connectivity index (χ3n) is 2.32. The van der Waals surface area contributed by atoms with Crippen molar-refractivity contribution >= 4 is 24.0 Å². The summed E-state index contributed by atoms with van der Waals surface area (Å²) in [5, 5.41) is 0. The van der Waals surface area contributed by atoms with E-state index in [-0.39, 0.29) is 18.3 Å². The number of nitrogens with zero attached hydrogens (tertiary/aromatic N) is 1. The van der Waals surface area contributed by atoms with Crippen LogP contribution in [0.25, 0.3) is 0 Å². The van der Waals surface area contributed by atoms with Gasteiger partial charge in [0.05, 0.1) is 6.04 Å². The lowest BCUT2D eigenvalue weighted by Crippen LogP contribution is -2.42. The molecular formula is C12H19ClN2O. The van der Waals surface area contributed by atoms with Gasteiger partial charge in [0.15, 0.2) is 0 Å². The SMILES string of the molecule is CCN(C(=O)C(C)N)c1ccc(C)cc1.Cl. The first-order valence-electron chi connectivity index (χ1n) is 5.20. The summed E-state index contributed by atoms with van der Waals surface area (Å²) < 4.78 is 0. The summed E-state index contributed by atoms with van der Waals surface area (Å²) in [6.45, 7) is 6.32. The molecule has 0 radical (unpaired) electrons. The fraction of sp³-hybridized carbons (Fsp3) is 0.417. The maximum absolute atomic E-state index is 11.8. The Bertz CT molecular complexity index is 335. The molecule has 0 aliphatic carbocycles. The summed E-state index contributed by atoms with van der Waals surface area (Å²) in [5.74, 6) is -0.0404. The Morgan fingerprint density at radius 3 is 2.25 bits per heavy atom. The van der Waals surface area contributed by atoms with E-state index in [1.165, 1.54) is 5.56 Å². The van der Waals surface area contributed by atoms with E-state index in [1.807, 2.05) is 38.1 Å². The lowest BCUT2D eigenvalue weighted by atomic mass is 10.2. The average molecular weight is 243 g/mol. The van der Waals surface area contributed by atoms with Crippen LogP contribution in [0.4, 0.5) is 5.69 Å². The first-order chi connectivity index (χ1) is 7.06. The van der Waals surface area contributed by atoms with Crippen LogP contribution in [0.3, 0.4) is 0 Å². The number of carbonyl (C=O) groups is 1. The van der Waals surface area contributed by atoms with Gasteiger partial charge >= 0.3 is 0 Å². The molecule has 1 rings (SSSR count). The smallest absolute Gasteiger partial charge is 0.243 e. The zero-order valence-corrected chi connectivity index (χ0v) is 10.8. The first kappa shape index (κ1) is 14.9. The van der Waals surface area contributed by atoms with Crippen LogP contribution in [0.1, 0.15) is 19.4 Å². The second-order valence-electron chi connectivity index (χ2n) is 3.71. The van der Waals surface area contributed by atoms with Crippen LogP contribution in [0.2, 0.25) is 0 Å². The molecule has 2 N–H and O–H groups in total. The van der Waals surface area contributed by atoms with Gasteiger partial charge in [-0.1, -0.05) is 17.7 Å². The molecule has 0 bridgehead atoms. The van der Waals surface area contributed by atoms with Crippen LogP contribution in [0.5, 0.6) is 0 Å². The predicted molar refractivity (Wildman–Crippen MR) is 70.1 cm³/mol. The number of hydrogen-bond acceptors (Lipinski definition) is 2. The van der Waals surface area contributed by atoms with Crippen molar-refractivity contribution in [3.05, 3.63) is 29.8 Å². The Morgan fingerprint density at radius 2 is 1.88 bits per heavy atom. The molecule has 0 fully saturated rings. The summed E-state index contributed by atoms with van der Waals surface area (Å²) in [4.78, 5) is 13.5. The molecular weight excluding hydrogens is 224 g/mol. The van der Waals surface area contributed by atoms with Gasteiger partial charge in [0.2, 0.25) is 5.91 Å². The van der Waals surface area contributed by atoms with Crippen LogP contribution in [-0.2, 0) is 4.79 Å². The highest BCUT2D eigenvalue weighted by Gasteiger charge is 2.16. The Kier molecular flexibility index (Phi) is 6.08. The van der Waals surface area contributed by atoms with E-state index >= 15 is 0 Å². The summed E-state index contributed by atoms with van der Waals surface area (Å²) in [6, 6.07) is 7.42. The van der Waals surface area contributed by atoms with E-state index in [2.05, 4.69) is 0 Å². The van der Waals surface area contributed by atoms with E-state index in [1.54, 1.807) is 11.8 Å². The molecule has 0 heterocycles. The third kappa shape index (κ3) is 3.51. The molecule has 0 aromatic heterocycles. The number of amides is 1. The molecule has 3 nitrogen and oxygen atoms in total. The quantitative estimate of drug-likeness (QED) is 0.883. The van der Waals surface area contributed by atoms with Gasteiger partial charge in [-0.3, -0.25) is 4.79 Å². The second kappa shape index (κ2) is 6.51. The van der Waals surface area contributed by atoms with Crippen LogP contribution in [0.15, 0.2) is 24.3 Å². The number of anilines is 1. The maximum atomic E-state index is 11.8. The maximum Gasteiger partial charge on any atom is 0.243 e. The van der Waals surface area contributed by atoms with Gasteiger partial charge in [0, 0.05) is 12.2 Å². The largest absolute Gasteiger partial charge is 0.320 e. The lowest BCUT2D eigenvalue weighted by molar-refractivity contribution is -0.119. The molecule has 0 spiro atoms. The summed E-state index contributed by atoms with van der Waals surface area (Å²) >= 11 is 0. The Balaban J connectivity index is 0.00000225. The van der Waals surface area contributed by atoms with Gasteiger partial charge in [-0.25, -0.2) is 0 Å². The fourth-order valence-electron chi connectivity index (χ4n) is 1.44. The normalized spacial score (nSPS) is 11.5. The van der Waals surface area contributed by atoms with Gasteiger partial charge in [0.1, 0.15) is 0 Å². The van der Waals surface area contributed by atoms with Crippen molar-refractivity contribution in [2.24, 2.45) is 5.73 Å². The van der Waals surface area contributed by atoms with Crippen LogP contribution >= 0.6 is 12.4 Å². The average Bonchev–Trinajstić information content (AvgIpc) is 2.21. The van der Waals surface area contributed by atoms with Crippen molar-refractivity contribution in [1.29, 1.82) is 0 Å². The molecule has 0 aliphatic heterocycles. The summed E-state index contributed by atoms with van der Waals surface area (Å²) in [7, 11) is 0. The minimum absolute atomic E-state index is 0. The number of likely N-dealkylation sites (N-methyl/N-ethyl adjacent to an activating group) is 1. The van der Waals surface area contributed by atoms with Crippen molar-refractivity contribution in [3.8, 4) is 0 Å². The van der Waals surface area contributed by atoms with Gasteiger partial charge in [-0.2, -0.15) is 0 Å². The molecule has 1 unspecified atom stereocenters. The molecule has 1 aromatic rings. The monoisotopic (exact) mass is 242 g/mol. The van der Waals surface area contributed by atoms with Gasteiger partial charge in [0.25, 0.3) is 0 Å². The molecule has 1 amide bonds. The van der Waals surface area contributed by atoms with E-state index in [4.69, 9.17) is 5.73 Å². The number of aryl methyl sites for hydroxylation is 1. The van der Waals surface area contributed by atoms with E-state index in [9.17, 15) is 4.79 Å². The van der Waals surface area contributed by atoms with Gasteiger partial charge in [-0.15, -0.1) is 12.4 Å². The van der Waals surface area contributed by atoms with E-state index in [0.29, 0.717) is 6.54 Å². The zero-order chi connectivity index (χ0) is 11.4. The van der Waals surface area contributed by atoms with Crippen molar-refractivity contribution in [2.45, 2.75) is 26.8 Å². The molecule has 1 atom stereocenters. The lowest BCUT2D eigenvalue weighted by Gasteiger charge is -2.23. The Morgan fingerprint density at radius 1 is 1.38 bits per heavy atom. The molecule has 16 heavy (non-hydrogen) atoms. The van der Waals surface area contributed by atoms with Crippen molar-refractivity contribution < 1.29 is 4.79 Å². The number of nitrogens with two attached hydrogens (primary N) is 1. The molecule has 4 heteroatoms. The molecule has 0 saturated heterocycles. The highest BCUT2D eigenvalue weighted by atomic mass is 35.5. The number of hydrogen-bond donors (Lipinski definition) is 1. The van der Waals surface area contributed by atoms with Gasteiger partial charge in [-0.05, 0) is 32.9 Å².